The molecule has 1 atom stereocenters. The number of esters is 1. The van der Waals surface area contributed by atoms with Gasteiger partial charge in [0.25, 0.3) is 0 Å². The summed E-state index contributed by atoms with van der Waals surface area (Å²) in [6.07, 6.45) is 2.44. The fourth-order valence-corrected chi connectivity index (χ4v) is 3.81. The van der Waals surface area contributed by atoms with Crippen molar-refractivity contribution in [2.75, 3.05) is 0 Å². The van der Waals surface area contributed by atoms with Crippen molar-refractivity contribution >= 4 is 17.8 Å². The normalized spacial score (nSPS) is 16.0. The molecule has 1 amide bonds. The molecule has 0 aliphatic carbocycles. The first-order valence-electron chi connectivity index (χ1n) is 10.9. The highest BCUT2D eigenvalue weighted by Gasteiger charge is 2.31. The zero-order chi connectivity index (χ0) is 23.2. The molecule has 0 bridgehead atoms. The molecular weight excluding hydrogens is 422 g/mol. The van der Waals surface area contributed by atoms with Gasteiger partial charge >= 0.3 is 12.1 Å². The van der Waals surface area contributed by atoms with Gasteiger partial charge in [-0.1, -0.05) is 47.6 Å². The van der Waals surface area contributed by atoms with E-state index in [1.165, 1.54) is 0 Å². The summed E-state index contributed by atoms with van der Waals surface area (Å²) in [6, 6.07) is 16.9. The molecule has 1 unspecified atom stereocenters. The largest absolute Gasteiger partial charge is 0.441 e. The van der Waals surface area contributed by atoms with Crippen LogP contribution >= 0.6 is 0 Å². The summed E-state index contributed by atoms with van der Waals surface area (Å²) in [7, 11) is 0. The van der Waals surface area contributed by atoms with Gasteiger partial charge in [0.05, 0.1) is 11.4 Å². The number of nitrogens with one attached hydrogen (secondary N) is 1. The number of carbonyl (C=O) groups is 2. The van der Waals surface area contributed by atoms with E-state index in [2.05, 4.69) is 20.2 Å². The van der Waals surface area contributed by atoms with E-state index in [0.717, 1.165) is 41.0 Å². The number of hydrogen-bond donors (Lipinski definition) is 2. The van der Waals surface area contributed by atoms with Crippen LogP contribution in [-0.2, 0) is 22.4 Å². The summed E-state index contributed by atoms with van der Waals surface area (Å²) in [5, 5.41) is 15.5. The van der Waals surface area contributed by atoms with Crippen LogP contribution in [0.2, 0.25) is 0 Å². The second-order valence-electron chi connectivity index (χ2n) is 7.93. The Morgan fingerprint density at radius 1 is 1.09 bits per heavy atom. The second-order valence-corrected chi connectivity index (χ2v) is 7.93. The maximum Gasteiger partial charge on any atom is 0.415 e. The summed E-state index contributed by atoms with van der Waals surface area (Å²) in [4.78, 5) is 27.2. The van der Waals surface area contributed by atoms with Crippen molar-refractivity contribution in [1.29, 1.82) is 0 Å². The number of rotatable bonds is 9. The molecule has 4 rings (SSSR count). The van der Waals surface area contributed by atoms with Gasteiger partial charge in [-0.2, -0.15) is 0 Å². The first-order chi connectivity index (χ1) is 16.0. The van der Waals surface area contributed by atoms with E-state index in [-0.39, 0.29) is 0 Å². The molecule has 170 valence electrons. The van der Waals surface area contributed by atoms with Crippen LogP contribution in [0.25, 0.3) is 11.5 Å². The lowest BCUT2D eigenvalue weighted by Crippen LogP contribution is -2.28. The van der Waals surface area contributed by atoms with E-state index in [4.69, 9.17) is 4.42 Å². The number of aromatic nitrogens is 1. The molecule has 0 saturated carbocycles. The third kappa shape index (κ3) is 5.46. The number of amides is 1. The van der Waals surface area contributed by atoms with Crippen molar-refractivity contribution in [2.45, 2.75) is 45.1 Å². The number of benzene rings is 2. The monoisotopic (exact) mass is 447 g/mol. The molecule has 1 saturated heterocycles. The molecule has 2 N–H and O–H groups in total. The lowest BCUT2D eigenvalue weighted by atomic mass is 10.00. The van der Waals surface area contributed by atoms with Crippen LogP contribution in [-0.4, -0.2) is 34.0 Å². The Morgan fingerprint density at radius 2 is 1.85 bits per heavy atom. The van der Waals surface area contributed by atoms with E-state index < -0.39 is 18.1 Å². The first-order valence-corrected chi connectivity index (χ1v) is 10.9. The summed E-state index contributed by atoms with van der Waals surface area (Å²) >= 11 is 0. The van der Waals surface area contributed by atoms with Crippen LogP contribution in [0.5, 0.6) is 0 Å². The van der Waals surface area contributed by atoms with Crippen molar-refractivity contribution in [3.63, 3.8) is 0 Å². The van der Waals surface area contributed by atoms with Gasteiger partial charge in [-0.05, 0) is 62.3 Å². The summed E-state index contributed by atoms with van der Waals surface area (Å²) in [6.45, 7) is 1.88. The molecule has 1 aliphatic heterocycles. The van der Waals surface area contributed by atoms with Gasteiger partial charge < -0.3 is 19.7 Å². The minimum absolute atomic E-state index is 0.515. The van der Waals surface area contributed by atoms with Crippen LogP contribution in [0.1, 0.15) is 41.8 Å². The number of oxazole rings is 1. The fraction of sp³-hybridized carbons (Fsp3) is 0.280. The molecule has 3 aromatic rings. The van der Waals surface area contributed by atoms with Crippen LogP contribution in [0.15, 0.2) is 64.2 Å². The Morgan fingerprint density at radius 3 is 2.52 bits per heavy atom. The molecule has 0 spiro atoms. The molecule has 33 heavy (non-hydrogen) atoms. The molecule has 2 aromatic carbocycles. The quantitative estimate of drug-likeness (QED) is 0.165. The van der Waals surface area contributed by atoms with Crippen LogP contribution in [0.3, 0.4) is 0 Å². The first kappa shape index (κ1) is 22.3. The van der Waals surface area contributed by atoms with E-state index in [1.807, 2.05) is 61.5 Å². The molecule has 1 aromatic heterocycles. The Hall–Kier alpha value is -3.94. The Bertz CT molecular complexity index is 1150. The molecule has 8 nitrogen and oxygen atoms in total. The zero-order valence-electron chi connectivity index (χ0n) is 18.3. The van der Waals surface area contributed by atoms with Crippen molar-refractivity contribution in [2.24, 2.45) is 5.16 Å². The molecule has 1 fully saturated rings. The van der Waals surface area contributed by atoms with Gasteiger partial charge in [0.1, 0.15) is 11.8 Å². The van der Waals surface area contributed by atoms with E-state index >= 15 is 0 Å². The number of carbonyl (C=O) groups excluding carboxylic acids is 2. The van der Waals surface area contributed by atoms with Gasteiger partial charge in [0, 0.05) is 5.56 Å². The predicted octanol–water partition coefficient (Wildman–Crippen LogP) is 4.42. The number of hydrogen-bond acceptors (Lipinski definition) is 7. The number of nitrogens with zero attached hydrogens (tertiary/aromatic N) is 2. The molecule has 8 heteroatoms. The summed E-state index contributed by atoms with van der Waals surface area (Å²) in [5.41, 5.74) is 4.25. The van der Waals surface area contributed by atoms with E-state index in [9.17, 15) is 14.8 Å². The average molecular weight is 447 g/mol. The number of aryl methyl sites for hydroxylation is 3. The van der Waals surface area contributed by atoms with Crippen LogP contribution < -0.4 is 5.32 Å². The average Bonchev–Trinajstić information content (AvgIpc) is 3.36. The van der Waals surface area contributed by atoms with Gasteiger partial charge in [-0.15, -0.1) is 0 Å². The predicted molar refractivity (Wildman–Crippen MR) is 121 cm³/mol. The van der Waals surface area contributed by atoms with Crippen LogP contribution in [0.4, 0.5) is 4.79 Å². The minimum Gasteiger partial charge on any atom is -0.441 e. The highest BCUT2D eigenvalue weighted by atomic mass is 16.6. The standard InChI is InChI=1S/C25H25N3O5/c1-16-20(26-23(32-16)19-7-3-2-4-8-19)14-15-21(28-31)18-12-10-17(11-13-18)6-5-9-22-24(29)33-25(30)27-22/h2-4,7-8,10-13,22,31H,5-6,9,14-15H2,1H3,(H,27,30). The molecule has 2 heterocycles. The molecule has 1 aliphatic rings. The number of oxime groups is 1. The molecular formula is C25H25N3O5. The van der Waals surface area contributed by atoms with E-state index in [0.29, 0.717) is 30.9 Å². The third-order valence-electron chi connectivity index (χ3n) is 5.65. The smallest absolute Gasteiger partial charge is 0.415 e. The lowest BCUT2D eigenvalue weighted by Gasteiger charge is -2.08. The van der Waals surface area contributed by atoms with Gasteiger partial charge in [-0.3, -0.25) is 0 Å². The number of alkyl carbamates (subject to hydrolysis) is 1. The fourth-order valence-electron chi connectivity index (χ4n) is 3.81. The van der Waals surface area contributed by atoms with Crippen molar-refractivity contribution in [3.8, 4) is 11.5 Å². The van der Waals surface area contributed by atoms with Crippen LogP contribution in [0, 0.1) is 6.92 Å². The van der Waals surface area contributed by atoms with Crippen molar-refractivity contribution in [3.05, 3.63) is 77.2 Å². The zero-order valence-corrected chi connectivity index (χ0v) is 18.3. The highest BCUT2D eigenvalue weighted by Crippen LogP contribution is 2.23. The van der Waals surface area contributed by atoms with Gasteiger partial charge in [0.2, 0.25) is 5.89 Å². The Balaban J connectivity index is 1.31. The number of ether oxygens (including phenoxy) is 1. The number of cyclic esters (lactones) is 2. The summed E-state index contributed by atoms with van der Waals surface area (Å²) in [5.74, 6) is 0.821. The van der Waals surface area contributed by atoms with Crippen molar-refractivity contribution < 1.29 is 24.0 Å². The Labute approximate surface area is 191 Å². The van der Waals surface area contributed by atoms with Gasteiger partial charge in [0.15, 0.2) is 0 Å². The lowest BCUT2D eigenvalue weighted by molar-refractivity contribution is -0.135. The molecule has 0 radical (unpaired) electrons. The Kier molecular flexibility index (Phi) is 6.83. The minimum atomic E-state index is -0.678. The van der Waals surface area contributed by atoms with E-state index in [1.54, 1.807) is 0 Å². The SMILES string of the molecule is Cc1oc(-c2ccccc2)nc1CCC(=NO)c1ccc(CCCC2NC(=O)OC2=O)cc1. The van der Waals surface area contributed by atoms with Crippen molar-refractivity contribution in [1.82, 2.24) is 10.3 Å². The topological polar surface area (TPSA) is 114 Å². The third-order valence-corrected chi connectivity index (χ3v) is 5.65. The second kappa shape index (κ2) is 10.1. The summed E-state index contributed by atoms with van der Waals surface area (Å²) < 4.78 is 10.3. The maximum atomic E-state index is 11.5. The van der Waals surface area contributed by atoms with Gasteiger partial charge in [-0.25, -0.2) is 14.6 Å². The maximum absolute atomic E-state index is 11.5. The highest BCUT2D eigenvalue weighted by molar-refractivity contribution is 6.00.